The number of rotatable bonds is 8. The first-order valence-electron chi connectivity index (χ1n) is 8.57. The normalized spacial score (nSPS) is 15.0. The smallest absolute Gasteiger partial charge is 0.326 e. The van der Waals surface area contributed by atoms with Crippen LogP contribution >= 0.6 is 0 Å². The van der Waals surface area contributed by atoms with Gasteiger partial charge in [0.2, 0.25) is 0 Å². The lowest BCUT2D eigenvalue weighted by Gasteiger charge is -2.14. The Bertz CT molecular complexity index is 922. The van der Waals surface area contributed by atoms with E-state index in [4.69, 9.17) is 0 Å². The number of sulfonamides is 1. The average molecular weight is 388 g/mol. The van der Waals surface area contributed by atoms with Crippen molar-refractivity contribution in [2.24, 2.45) is 5.92 Å². The summed E-state index contributed by atoms with van der Waals surface area (Å²) >= 11 is 0. The van der Waals surface area contributed by atoms with Gasteiger partial charge in [-0.1, -0.05) is 31.0 Å². The van der Waals surface area contributed by atoms with Crippen LogP contribution in [0.4, 0.5) is 5.69 Å². The van der Waals surface area contributed by atoms with Crippen LogP contribution < -0.4 is 10.0 Å². The Labute approximate surface area is 157 Å². The number of carboxylic acid groups (broad SMARTS) is 1. The van der Waals surface area contributed by atoms with Gasteiger partial charge >= 0.3 is 5.97 Å². The van der Waals surface area contributed by atoms with E-state index in [0.29, 0.717) is 18.0 Å². The molecule has 2 aromatic rings. The SMILES string of the molecule is O=C(NC(CC1CC1)C(=O)O)c1ccc(NS(=O)(=O)c2ccccc2)cc1. The van der Waals surface area contributed by atoms with Crippen LogP contribution in [0.2, 0.25) is 0 Å². The molecule has 3 N–H and O–H groups in total. The maximum Gasteiger partial charge on any atom is 0.326 e. The highest BCUT2D eigenvalue weighted by Crippen LogP contribution is 2.33. The van der Waals surface area contributed by atoms with E-state index in [1.54, 1.807) is 18.2 Å². The molecule has 1 unspecified atom stereocenters. The molecule has 0 heterocycles. The van der Waals surface area contributed by atoms with Crippen molar-refractivity contribution < 1.29 is 23.1 Å². The van der Waals surface area contributed by atoms with Gasteiger partial charge in [0, 0.05) is 11.3 Å². The Morgan fingerprint density at radius 1 is 1.04 bits per heavy atom. The summed E-state index contributed by atoms with van der Waals surface area (Å²) in [6.45, 7) is 0. The number of hydrogen-bond donors (Lipinski definition) is 3. The van der Waals surface area contributed by atoms with E-state index < -0.39 is 27.9 Å². The van der Waals surface area contributed by atoms with Gasteiger partial charge in [0.1, 0.15) is 6.04 Å². The largest absolute Gasteiger partial charge is 0.480 e. The minimum Gasteiger partial charge on any atom is -0.480 e. The quantitative estimate of drug-likeness (QED) is 0.643. The van der Waals surface area contributed by atoms with Crippen molar-refractivity contribution >= 4 is 27.6 Å². The van der Waals surface area contributed by atoms with Crippen molar-refractivity contribution in [1.29, 1.82) is 0 Å². The topological polar surface area (TPSA) is 113 Å². The third-order valence-electron chi connectivity index (χ3n) is 4.32. The summed E-state index contributed by atoms with van der Waals surface area (Å²) in [7, 11) is -3.71. The number of benzene rings is 2. The number of hydrogen-bond acceptors (Lipinski definition) is 4. The zero-order chi connectivity index (χ0) is 19.4. The number of amides is 1. The molecule has 3 rings (SSSR count). The van der Waals surface area contributed by atoms with Crippen LogP contribution in [0.15, 0.2) is 59.5 Å². The minimum absolute atomic E-state index is 0.135. The van der Waals surface area contributed by atoms with Crippen molar-refractivity contribution in [2.75, 3.05) is 4.72 Å². The summed E-state index contributed by atoms with van der Waals surface area (Å²) in [5, 5.41) is 11.8. The zero-order valence-corrected chi connectivity index (χ0v) is 15.3. The lowest BCUT2D eigenvalue weighted by molar-refractivity contribution is -0.139. The predicted molar refractivity (Wildman–Crippen MR) is 99.9 cm³/mol. The van der Waals surface area contributed by atoms with Crippen molar-refractivity contribution in [3.63, 3.8) is 0 Å². The first-order valence-corrected chi connectivity index (χ1v) is 10.0. The summed E-state index contributed by atoms with van der Waals surface area (Å²) < 4.78 is 27.0. The van der Waals surface area contributed by atoms with E-state index in [1.165, 1.54) is 36.4 Å². The molecule has 0 bridgehead atoms. The van der Waals surface area contributed by atoms with E-state index >= 15 is 0 Å². The second kappa shape index (κ2) is 7.79. The van der Waals surface area contributed by atoms with E-state index in [2.05, 4.69) is 10.0 Å². The molecule has 8 heteroatoms. The Morgan fingerprint density at radius 3 is 2.22 bits per heavy atom. The Morgan fingerprint density at radius 2 is 1.67 bits per heavy atom. The molecule has 142 valence electrons. The van der Waals surface area contributed by atoms with E-state index in [1.807, 2.05) is 0 Å². The van der Waals surface area contributed by atoms with Crippen molar-refractivity contribution in [1.82, 2.24) is 5.32 Å². The molecule has 1 atom stereocenters. The van der Waals surface area contributed by atoms with Gasteiger partial charge in [-0.15, -0.1) is 0 Å². The van der Waals surface area contributed by atoms with Crippen LogP contribution in [0, 0.1) is 5.92 Å². The molecule has 1 saturated carbocycles. The molecule has 0 spiro atoms. The van der Waals surface area contributed by atoms with Gasteiger partial charge in [-0.2, -0.15) is 0 Å². The molecule has 1 fully saturated rings. The number of nitrogens with one attached hydrogen (secondary N) is 2. The van der Waals surface area contributed by atoms with Gasteiger partial charge < -0.3 is 10.4 Å². The molecule has 0 aromatic heterocycles. The third kappa shape index (κ3) is 5.07. The number of carboxylic acids is 1. The van der Waals surface area contributed by atoms with Crippen molar-refractivity contribution in [3.05, 3.63) is 60.2 Å². The van der Waals surface area contributed by atoms with Gasteiger partial charge in [0.15, 0.2) is 0 Å². The molecule has 7 nitrogen and oxygen atoms in total. The van der Waals surface area contributed by atoms with Gasteiger partial charge in [0.25, 0.3) is 15.9 Å². The standard InChI is InChI=1S/C19H20N2O5S/c22-18(20-17(19(23)24)12-13-6-7-13)14-8-10-15(11-9-14)21-27(25,26)16-4-2-1-3-5-16/h1-5,8-11,13,17,21H,6-7,12H2,(H,20,22)(H,23,24). The molecule has 0 radical (unpaired) electrons. The zero-order valence-electron chi connectivity index (χ0n) is 14.5. The van der Waals surface area contributed by atoms with Crippen molar-refractivity contribution in [2.45, 2.75) is 30.2 Å². The Balaban J connectivity index is 1.65. The molecule has 1 amide bonds. The van der Waals surface area contributed by atoms with Crippen molar-refractivity contribution in [3.8, 4) is 0 Å². The second-order valence-electron chi connectivity index (χ2n) is 6.54. The van der Waals surface area contributed by atoms with Crippen LogP contribution in [0.3, 0.4) is 0 Å². The number of carbonyl (C=O) groups is 2. The summed E-state index contributed by atoms with van der Waals surface area (Å²) in [5.74, 6) is -1.19. The number of carbonyl (C=O) groups excluding carboxylic acids is 1. The fraction of sp³-hybridized carbons (Fsp3) is 0.263. The summed E-state index contributed by atoms with van der Waals surface area (Å²) in [6.07, 6.45) is 2.42. The van der Waals surface area contributed by atoms with Gasteiger partial charge in [-0.25, -0.2) is 13.2 Å². The Kier molecular flexibility index (Phi) is 5.46. The van der Waals surface area contributed by atoms with Crippen LogP contribution in [-0.4, -0.2) is 31.4 Å². The first kappa shape index (κ1) is 18.9. The maximum absolute atomic E-state index is 12.3. The van der Waals surface area contributed by atoms with Gasteiger partial charge in [-0.05, 0) is 48.7 Å². The van der Waals surface area contributed by atoms with Gasteiger partial charge in [0.05, 0.1) is 4.90 Å². The highest BCUT2D eigenvalue weighted by atomic mass is 32.2. The summed E-state index contributed by atoms with van der Waals surface area (Å²) in [4.78, 5) is 23.7. The first-order chi connectivity index (χ1) is 12.8. The molecule has 0 aliphatic heterocycles. The predicted octanol–water partition coefficient (Wildman–Crippen LogP) is 2.47. The fourth-order valence-corrected chi connectivity index (χ4v) is 3.73. The van der Waals surface area contributed by atoms with E-state index in [0.717, 1.165) is 12.8 Å². The average Bonchev–Trinajstić information content (AvgIpc) is 3.46. The molecule has 1 aliphatic rings. The molecule has 2 aromatic carbocycles. The van der Waals surface area contributed by atoms with Crippen LogP contribution in [0.25, 0.3) is 0 Å². The van der Waals surface area contributed by atoms with E-state index in [9.17, 15) is 23.1 Å². The molecular weight excluding hydrogens is 368 g/mol. The highest BCUT2D eigenvalue weighted by molar-refractivity contribution is 7.92. The van der Waals surface area contributed by atoms with E-state index in [-0.39, 0.29) is 10.5 Å². The van der Waals surface area contributed by atoms with Gasteiger partial charge in [-0.3, -0.25) is 9.52 Å². The molecule has 27 heavy (non-hydrogen) atoms. The lowest BCUT2D eigenvalue weighted by Crippen LogP contribution is -2.41. The molecular formula is C19H20N2O5S. The number of aliphatic carboxylic acids is 1. The summed E-state index contributed by atoms with van der Waals surface area (Å²) in [6, 6.07) is 12.9. The minimum atomic E-state index is -3.71. The van der Waals surface area contributed by atoms with Crippen LogP contribution in [0.5, 0.6) is 0 Å². The third-order valence-corrected chi connectivity index (χ3v) is 5.72. The highest BCUT2D eigenvalue weighted by Gasteiger charge is 2.30. The fourth-order valence-electron chi connectivity index (χ4n) is 2.65. The van der Waals surface area contributed by atoms with Crippen LogP contribution in [0.1, 0.15) is 29.6 Å². The lowest BCUT2D eigenvalue weighted by atomic mass is 10.1. The second-order valence-corrected chi connectivity index (χ2v) is 8.22. The maximum atomic E-state index is 12.3. The monoisotopic (exact) mass is 388 g/mol. The van der Waals surface area contributed by atoms with Crippen LogP contribution in [-0.2, 0) is 14.8 Å². The molecule has 0 saturated heterocycles. The molecule has 1 aliphatic carbocycles. The number of anilines is 1. The Hall–Kier alpha value is -2.87. The summed E-state index contributed by atoms with van der Waals surface area (Å²) in [5.41, 5.74) is 0.572.